The molecule has 3 aliphatic carbocycles. The van der Waals surface area contributed by atoms with Gasteiger partial charge in [-0.25, -0.2) is 0 Å². The highest BCUT2D eigenvalue weighted by Crippen LogP contribution is 2.59. The van der Waals surface area contributed by atoms with Crippen LogP contribution in [0, 0.1) is 22.7 Å². The Bertz CT molecular complexity index is 235. The molecule has 14 heavy (non-hydrogen) atoms. The Morgan fingerprint density at radius 3 is 1.57 bits per heavy atom. The smallest absolute Gasteiger partial charge is 0.0496 e. The average Bonchev–Trinajstić information content (AvgIpc) is 2.25. The minimum Gasteiger partial charge on any atom is -0.396 e. The Balaban J connectivity index is 2.44. The fourth-order valence-electron chi connectivity index (χ4n) is 3.32. The molecule has 2 bridgehead atoms. The summed E-state index contributed by atoms with van der Waals surface area (Å²) in [6.07, 6.45) is 6.80. The number of hydrogen-bond acceptors (Lipinski definition) is 2. The molecule has 0 radical (unpaired) electrons. The summed E-state index contributed by atoms with van der Waals surface area (Å²) in [6, 6.07) is 0. The van der Waals surface area contributed by atoms with E-state index in [1.54, 1.807) is 0 Å². The van der Waals surface area contributed by atoms with E-state index >= 15 is 0 Å². The zero-order chi connectivity index (χ0) is 10.4. The summed E-state index contributed by atoms with van der Waals surface area (Å²) in [5.41, 5.74) is -0.279. The number of rotatable bonds is 2. The van der Waals surface area contributed by atoms with Crippen molar-refractivity contribution in [3.05, 3.63) is 12.2 Å². The molecule has 80 valence electrons. The molecule has 2 heteroatoms. The molecule has 0 aromatic heterocycles. The van der Waals surface area contributed by atoms with E-state index in [2.05, 4.69) is 26.0 Å². The third-order valence-corrected chi connectivity index (χ3v) is 4.96. The topological polar surface area (TPSA) is 40.5 Å². The van der Waals surface area contributed by atoms with E-state index in [1.807, 2.05) is 0 Å². The molecule has 0 aromatic rings. The van der Waals surface area contributed by atoms with Crippen LogP contribution in [0.5, 0.6) is 0 Å². The van der Waals surface area contributed by atoms with Crippen LogP contribution in [0.15, 0.2) is 12.2 Å². The second kappa shape index (κ2) is 3.07. The Morgan fingerprint density at radius 1 is 1.00 bits per heavy atom. The maximum atomic E-state index is 9.59. The van der Waals surface area contributed by atoms with Crippen LogP contribution in [0.4, 0.5) is 0 Å². The molecule has 4 atom stereocenters. The van der Waals surface area contributed by atoms with Gasteiger partial charge in [-0.15, -0.1) is 0 Å². The molecule has 0 spiro atoms. The summed E-state index contributed by atoms with van der Waals surface area (Å²) in [5, 5.41) is 19.2. The third kappa shape index (κ3) is 0.986. The van der Waals surface area contributed by atoms with Gasteiger partial charge in [0.25, 0.3) is 0 Å². The molecule has 2 N–H and O–H groups in total. The fraction of sp³-hybridized carbons (Fsp3) is 0.833. The molecular weight excluding hydrogens is 176 g/mol. The van der Waals surface area contributed by atoms with Gasteiger partial charge < -0.3 is 10.2 Å². The molecule has 1 fully saturated rings. The number of aliphatic hydroxyl groups is 2. The first-order valence-corrected chi connectivity index (χ1v) is 5.48. The average molecular weight is 196 g/mol. The molecular formula is C12H20O2. The molecule has 0 saturated heterocycles. The summed E-state index contributed by atoms with van der Waals surface area (Å²) in [6.45, 7) is 4.58. The van der Waals surface area contributed by atoms with Crippen molar-refractivity contribution < 1.29 is 10.2 Å². The highest BCUT2D eigenvalue weighted by Gasteiger charge is 2.56. The molecule has 3 rings (SSSR count). The van der Waals surface area contributed by atoms with Gasteiger partial charge in [0.1, 0.15) is 0 Å². The lowest BCUT2D eigenvalue weighted by molar-refractivity contribution is -0.121. The number of aliphatic hydroxyl groups excluding tert-OH is 2. The van der Waals surface area contributed by atoms with Crippen molar-refractivity contribution in [3.63, 3.8) is 0 Å². The number of hydrogen-bond donors (Lipinski definition) is 2. The summed E-state index contributed by atoms with van der Waals surface area (Å²) in [7, 11) is 0. The van der Waals surface area contributed by atoms with Crippen molar-refractivity contribution in [1.29, 1.82) is 0 Å². The van der Waals surface area contributed by atoms with Crippen molar-refractivity contribution in [2.24, 2.45) is 22.7 Å². The van der Waals surface area contributed by atoms with Crippen molar-refractivity contribution in [1.82, 2.24) is 0 Å². The van der Waals surface area contributed by atoms with Crippen LogP contribution in [0.3, 0.4) is 0 Å². The maximum absolute atomic E-state index is 9.59. The molecule has 0 heterocycles. The van der Waals surface area contributed by atoms with E-state index in [4.69, 9.17) is 0 Å². The van der Waals surface area contributed by atoms with E-state index < -0.39 is 0 Å². The van der Waals surface area contributed by atoms with Gasteiger partial charge in [0.05, 0.1) is 0 Å². The second-order valence-electron chi connectivity index (χ2n) is 5.33. The van der Waals surface area contributed by atoms with Crippen LogP contribution >= 0.6 is 0 Å². The van der Waals surface area contributed by atoms with Gasteiger partial charge in [0.15, 0.2) is 0 Å². The lowest BCUT2D eigenvalue weighted by atomic mass is 9.47. The number of fused-ring (bicyclic) bond motifs is 2. The Morgan fingerprint density at radius 2 is 1.36 bits per heavy atom. The fourth-order valence-corrected chi connectivity index (χ4v) is 3.32. The highest BCUT2D eigenvalue weighted by atomic mass is 16.3. The molecule has 2 nitrogen and oxygen atoms in total. The normalized spacial score (nSPS) is 51.1. The van der Waals surface area contributed by atoms with E-state index in [0.717, 1.165) is 12.8 Å². The van der Waals surface area contributed by atoms with Gasteiger partial charge in [-0.05, 0) is 24.7 Å². The van der Waals surface area contributed by atoms with Gasteiger partial charge in [0, 0.05) is 24.0 Å². The zero-order valence-electron chi connectivity index (χ0n) is 9.03. The molecule has 0 amide bonds. The molecule has 0 aliphatic heterocycles. The highest BCUT2D eigenvalue weighted by molar-refractivity contribution is 5.18. The predicted molar refractivity (Wildman–Crippen MR) is 55.7 cm³/mol. The molecule has 3 aliphatic rings. The van der Waals surface area contributed by atoms with Crippen LogP contribution < -0.4 is 0 Å². The van der Waals surface area contributed by atoms with Crippen molar-refractivity contribution >= 4 is 0 Å². The summed E-state index contributed by atoms with van der Waals surface area (Å²) >= 11 is 0. The van der Waals surface area contributed by atoms with Crippen molar-refractivity contribution in [3.8, 4) is 0 Å². The van der Waals surface area contributed by atoms with Gasteiger partial charge in [-0.2, -0.15) is 0 Å². The van der Waals surface area contributed by atoms with E-state index in [9.17, 15) is 10.2 Å². The summed E-state index contributed by atoms with van der Waals surface area (Å²) < 4.78 is 0. The SMILES string of the molecule is CC1(CO)C2C=CC(CC2)C1(C)CO. The minimum atomic E-state index is -0.139. The number of allylic oxidation sites excluding steroid dienone is 2. The Kier molecular flexibility index (Phi) is 2.24. The first-order chi connectivity index (χ1) is 6.58. The van der Waals surface area contributed by atoms with Crippen LogP contribution in [-0.2, 0) is 0 Å². The van der Waals surface area contributed by atoms with Crippen molar-refractivity contribution in [2.45, 2.75) is 26.7 Å². The van der Waals surface area contributed by atoms with Crippen molar-refractivity contribution in [2.75, 3.05) is 13.2 Å². The first kappa shape index (κ1) is 10.2. The van der Waals surface area contributed by atoms with Gasteiger partial charge in [0.2, 0.25) is 0 Å². The zero-order valence-corrected chi connectivity index (χ0v) is 9.03. The van der Waals surface area contributed by atoms with Gasteiger partial charge in [-0.3, -0.25) is 0 Å². The first-order valence-electron chi connectivity index (χ1n) is 5.48. The quantitative estimate of drug-likeness (QED) is 0.658. The second-order valence-corrected chi connectivity index (χ2v) is 5.33. The van der Waals surface area contributed by atoms with Crippen LogP contribution in [-0.4, -0.2) is 23.4 Å². The van der Waals surface area contributed by atoms with Gasteiger partial charge in [-0.1, -0.05) is 26.0 Å². The molecule has 1 saturated carbocycles. The maximum Gasteiger partial charge on any atom is 0.0496 e. The molecule has 4 unspecified atom stereocenters. The van der Waals surface area contributed by atoms with Crippen LogP contribution in [0.1, 0.15) is 26.7 Å². The van der Waals surface area contributed by atoms with Crippen LogP contribution in [0.2, 0.25) is 0 Å². The Hall–Kier alpha value is -0.340. The van der Waals surface area contributed by atoms with E-state index in [-0.39, 0.29) is 24.0 Å². The monoisotopic (exact) mass is 196 g/mol. The summed E-state index contributed by atoms with van der Waals surface area (Å²) in [4.78, 5) is 0. The van der Waals surface area contributed by atoms with Gasteiger partial charge >= 0.3 is 0 Å². The third-order valence-electron chi connectivity index (χ3n) is 4.96. The van der Waals surface area contributed by atoms with Crippen LogP contribution in [0.25, 0.3) is 0 Å². The largest absolute Gasteiger partial charge is 0.396 e. The predicted octanol–water partition coefficient (Wildman–Crippen LogP) is 1.58. The van der Waals surface area contributed by atoms with E-state index in [1.165, 1.54) is 0 Å². The molecule has 0 aromatic carbocycles. The Labute approximate surface area is 85.6 Å². The van der Waals surface area contributed by atoms with E-state index in [0.29, 0.717) is 11.8 Å². The lowest BCUT2D eigenvalue weighted by Crippen LogP contribution is -2.56. The lowest BCUT2D eigenvalue weighted by Gasteiger charge is -2.58. The summed E-state index contributed by atoms with van der Waals surface area (Å²) in [5.74, 6) is 0.879. The minimum absolute atomic E-state index is 0.139. The standard InChI is InChI=1S/C12H20O2/c1-11(7-13)9-3-5-10(6-4-9)12(11,2)8-14/h3,5,9-10,13-14H,4,6-8H2,1-2H3.